The van der Waals surface area contributed by atoms with Gasteiger partial charge in [-0.15, -0.1) is 0 Å². The minimum absolute atomic E-state index is 0. The Hall–Kier alpha value is -0.280. The molecule has 0 unspecified atom stereocenters. The van der Waals surface area contributed by atoms with Gasteiger partial charge in [0.2, 0.25) is 0 Å². The van der Waals surface area contributed by atoms with Gasteiger partial charge in [-0.2, -0.15) is 0 Å². The fraction of sp³-hybridized carbons (Fsp3) is 0.875. The first kappa shape index (κ1) is 14.3. The average Bonchev–Trinajstić information content (AvgIpc) is 1.83. The third-order valence-electron chi connectivity index (χ3n) is 1.29. The molecule has 0 aliphatic carbocycles. The van der Waals surface area contributed by atoms with Crippen LogP contribution in [0.3, 0.4) is 0 Å². The Labute approximate surface area is 80.7 Å². The Bertz CT molecular complexity index is 132. The summed E-state index contributed by atoms with van der Waals surface area (Å²) < 4.78 is 5.59. The van der Waals surface area contributed by atoms with Crippen molar-refractivity contribution in [2.45, 2.75) is 13.3 Å². The molecule has 0 saturated heterocycles. The summed E-state index contributed by atoms with van der Waals surface area (Å²) in [4.78, 5) is 10.9. The first-order valence-electron chi connectivity index (χ1n) is 3.92. The normalized spacial score (nSPS) is 10.3. The molecule has 0 saturated carbocycles. The molecule has 0 aliphatic rings. The molecule has 4 heteroatoms. The summed E-state index contributed by atoms with van der Waals surface area (Å²) in [7, 11) is 6.16. The van der Waals surface area contributed by atoms with Crippen LogP contribution < -0.4 is 12.4 Å². The Morgan fingerprint density at radius 3 is 2.17 bits per heavy atom. The van der Waals surface area contributed by atoms with E-state index in [1.165, 1.54) is 0 Å². The second-order valence-electron chi connectivity index (χ2n) is 3.57. The summed E-state index contributed by atoms with van der Waals surface area (Å²) in [5.74, 6) is -0.0967. The molecule has 0 aromatic rings. The SMILES string of the molecule is CCOC(=O)CC[N+](C)(C)C.[Cl-]. The zero-order valence-electron chi connectivity index (χ0n) is 8.26. The van der Waals surface area contributed by atoms with Crippen LogP contribution in [0.1, 0.15) is 13.3 Å². The molecule has 0 spiro atoms. The highest BCUT2D eigenvalue weighted by Gasteiger charge is 2.10. The predicted molar refractivity (Wildman–Crippen MR) is 44.1 cm³/mol. The highest BCUT2D eigenvalue weighted by Crippen LogP contribution is 1.94. The Morgan fingerprint density at radius 2 is 1.83 bits per heavy atom. The first-order chi connectivity index (χ1) is 4.95. The lowest BCUT2D eigenvalue weighted by Gasteiger charge is -2.22. The van der Waals surface area contributed by atoms with Crippen molar-refractivity contribution in [2.75, 3.05) is 34.3 Å². The van der Waals surface area contributed by atoms with Gasteiger partial charge in [0.05, 0.1) is 40.7 Å². The first-order valence-corrected chi connectivity index (χ1v) is 3.92. The fourth-order valence-corrected chi connectivity index (χ4v) is 0.660. The Morgan fingerprint density at radius 1 is 1.33 bits per heavy atom. The lowest BCUT2D eigenvalue weighted by molar-refractivity contribution is -0.869. The van der Waals surface area contributed by atoms with E-state index in [2.05, 4.69) is 21.1 Å². The molecule has 0 aliphatic heterocycles. The maximum Gasteiger partial charge on any atom is 0.311 e. The van der Waals surface area contributed by atoms with E-state index in [9.17, 15) is 4.79 Å². The predicted octanol–water partition coefficient (Wildman–Crippen LogP) is -2.35. The number of carbonyl (C=O) groups is 1. The maximum absolute atomic E-state index is 10.9. The summed E-state index contributed by atoms with van der Waals surface area (Å²) in [5, 5.41) is 0. The van der Waals surface area contributed by atoms with Crippen LogP contribution in [0.15, 0.2) is 0 Å². The highest BCUT2D eigenvalue weighted by molar-refractivity contribution is 5.69. The van der Waals surface area contributed by atoms with Crippen molar-refractivity contribution in [2.24, 2.45) is 0 Å². The van der Waals surface area contributed by atoms with E-state index in [0.29, 0.717) is 13.0 Å². The van der Waals surface area contributed by atoms with Gasteiger partial charge in [0.1, 0.15) is 0 Å². The topological polar surface area (TPSA) is 26.3 Å². The summed E-state index contributed by atoms with van der Waals surface area (Å²) >= 11 is 0. The lowest BCUT2D eigenvalue weighted by Crippen LogP contribution is -3.00. The lowest BCUT2D eigenvalue weighted by atomic mass is 10.4. The van der Waals surface area contributed by atoms with Gasteiger partial charge < -0.3 is 21.6 Å². The smallest absolute Gasteiger partial charge is 0.311 e. The molecule has 0 radical (unpaired) electrons. The Kier molecular flexibility index (Phi) is 7.44. The number of ether oxygens (including phenoxy) is 1. The largest absolute Gasteiger partial charge is 1.00 e. The van der Waals surface area contributed by atoms with Gasteiger partial charge in [-0.1, -0.05) is 0 Å². The van der Waals surface area contributed by atoms with E-state index < -0.39 is 0 Å². The number of rotatable bonds is 4. The van der Waals surface area contributed by atoms with E-state index in [1.54, 1.807) is 0 Å². The van der Waals surface area contributed by atoms with E-state index in [4.69, 9.17) is 4.74 Å². The summed E-state index contributed by atoms with van der Waals surface area (Å²) in [6, 6.07) is 0. The summed E-state index contributed by atoms with van der Waals surface area (Å²) in [6.07, 6.45) is 0.511. The molecule has 0 heterocycles. The molecule has 0 aromatic carbocycles. The molecule has 0 bridgehead atoms. The van der Waals surface area contributed by atoms with Gasteiger partial charge >= 0.3 is 5.97 Å². The van der Waals surface area contributed by atoms with Gasteiger partial charge in [0.25, 0.3) is 0 Å². The van der Waals surface area contributed by atoms with Crippen molar-refractivity contribution in [1.82, 2.24) is 0 Å². The van der Waals surface area contributed by atoms with Gasteiger partial charge in [-0.25, -0.2) is 0 Å². The number of hydrogen-bond acceptors (Lipinski definition) is 2. The molecular weight excluding hydrogens is 178 g/mol. The van der Waals surface area contributed by atoms with Crippen molar-refractivity contribution in [3.05, 3.63) is 0 Å². The van der Waals surface area contributed by atoms with Gasteiger partial charge in [0.15, 0.2) is 0 Å². The van der Waals surface area contributed by atoms with Crippen LogP contribution in [-0.4, -0.2) is 44.7 Å². The molecule has 74 valence electrons. The van der Waals surface area contributed by atoms with E-state index in [0.717, 1.165) is 11.0 Å². The van der Waals surface area contributed by atoms with Gasteiger partial charge in [0, 0.05) is 0 Å². The zero-order valence-corrected chi connectivity index (χ0v) is 9.02. The number of nitrogens with zero attached hydrogens (tertiary/aromatic N) is 1. The minimum atomic E-state index is -0.0967. The molecule has 0 N–H and O–H groups in total. The molecule has 12 heavy (non-hydrogen) atoms. The quantitative estimate of drug-likeness (QED) is 0.371. The highest BCUT2D eigenvalue weighted by atomic mass is 35.5. The van der Waals surface area contributed by atoms with Crippen molar-refractivity contribution in [1.29, 1.82) is 0 Å². The number of hydrogen-bond donors (Lipinski definition) is 0. The average molecular weight is 196 g/mol. The van der Waals surface area contributed by atoms with Crippen molar-refractivity contribution >= 4 is 5.97 Å². The molecule has 0 fully saturated rings. The molecule has 0 aromatic heterocycles. The van der Waals surface area contributed by atoms with Gasteiger partial charge in [-0.05, 0) is 6.92 Å². The zero-order chi connectivity index (χ0) is 8.91. The van der Waals surface area contributed by atoms with Crippen molar-refractivity contribution in [3.63, 3.8) is 0 Å². The second kappa shape index (κ2) is 6.26. The standard InChI is InChI=1S/C8H18NO2.ClH/c1-5-11-8(10)6-7-9(2,3)4;/h5-7H2,1-4H3;1H/q+1;/p-1. The molecule has 0 amide bonds. The van der Waals surface area contributed by atoms with Crippen LogP contribution in [0, 0.1) is 0 Å². The van der Waals surface area contributed by atoms with Crippen LogP contribution >= 0.6 is 0 Å². The number of carbonyl (C=O) groups excluding carboxylic acids is 1. The van der Waals surface area contributed by atoms with Gasteiger partial charge in [-0.3, -0.25) is 4.79 Å². The fourth-order valence-electron chi connectivity index (χ4n) is 0.660. The minimum Gasteiger partial charge on any atom is -1.00 e. The molecular formula is C8H18ClNO2. The van der Waals surface area contributed by atoms with E-state index in [1.807, 2.05) is 6.92 Å². The summed E-state index contributed by atoms with van der Waals surface area (Å²) in [6.45, 7) is 3.14. The van der Waals surface area contributed by atoms with Crippen LogP contribution in [0.4, 0.5) is 0 Å². The van der Waals surface area contributed by atoms with E-state index in [-0.39, 0.29) is 18.4 Å². The van der Waals surface area contributed by atoms with E-state index >= 15 is 0 Å². The monoisotopic (exact) mass is 195 g/mol. The number of halogens is 1. The number of quaternary nitrogens is 1. The third-order valence-corrected chi connectivity index (χ3v) is 1.29. The Balaban J connectivity index is 0. The third kappa shape index (κ3) is 9.72. The molecule has 3 nitrogen and oxygen atoms in total. The maximum atomic E-state index is 10.9. The van der Waals surface area contributed by atoms with Crippen molar-refractivity contribution in [3.8, 4) is 0 Å². The van der Waals surface area contributed by atoms with Crippen LogP contribution in [0.5, 0.6) is 0 Å². The number of esters is 1. The summed E-state index contributed by atoms with van der Waals surface area (Å²) in [5.41, 5.74) is 0. The molecule has 0 atom stereocenters. The molecule has 0 rings (SSSR count). The van der Waals surface area contributed by atoms with Crippen LogP contribution in [0.2, 0.25) is 0 Å². The van der Waals surface area contributed by atoms with Crippen LogP contribution in [-0.2, 0) is 9.53 Å². The van der Waals surface area contributed by atoms with Crippen molar-refractivity contribution < 1.29 is 26.4 Å². The van der Waals surface area contributed by atoms with Crippen LogP contribution in [0.25, 0.3) is 0 Å². The second-order valence-corrected chi connectivity index (χ2v) is 3.57.